The number of sulfonamides is 1. The van der Waals surface area contributed by atoms with Gasteiger partial charge < -0.3 is 4.42 Å². The van der Waals surface area contributed by atoms with Gasteiger partial charge in [-0.1, -0.05) is 6.92 Å². The zero-order valence-electron chi connectivity index (χ0n) is 7.57. The fourth-order valence-electron chi connectivity index (χ4n) is 0.813. The summed E-state index contributed by atoms with van der Waals surface area (Å²) in [6.07, 6.45) is 2.26. The fraction of sp³-hybridized carbons (Fsp3) is 0.571. The molecule has 0 saturated carbocycles. The summed E-state index contributed by atoms with van der Waals surface area (Å²) in [7, 11) is -1.91. The first-order chi connectivity index (χ1) is 6.07. The number of nitrogens with zero attached hydrogens (tertiary/aromatic N) is 1. The van der Waals surface area contributed by atoms with Crippen molar-refractivity contribution in [3.05, 3.63) is 17.8 Å². The summed E-state index contributed by atoms with van der Waals surface area (Å²) in [5.41, 5.74) is 0. The summed E-state index contributed by atoms with van der Waals surface area (Å²) in [6, 6.07) is 0. The molecule has 0 radical (unpaired) electrons. The molecule has 0 unspecified atom stereocenters. The number of hydrogen-bond donors (Lipinski definition) is 1. The summed E-state index contributed by atoms with van der Waals surface area (Å²) >= 11 is 0. The third-order valence-corrected chi connectivity index (χ3v) is 2.82. The second-order valence-electron chi connectivity index (χ2n) is 2.54. The third kappa shape index (κ3) is 2.82. The van der Waals surface area contributed by atoms with Crippen LogP contribution in [0.1, 0.15) is 18.6 Å². The maximum atomic E-state index is 11.1. The first-order valence-corrected chi connectivity index (χ1v) is 5.57. The standard InChI is InChI=1S/C7H12N2O3S/c1-3-6-4-9-7(12-6)5-13(10,11)8-2/h4,8H,3,5H2,1-2H3. The number of rotatable bonds is 4. The van der Waals surface area contributed by atoms with Crippen molar-refractivity contribution in [3.8, 4) is 0 Å². The lowest BCUT2D eigenvalue weighted by atomic mass is 10.4. The molecule has 0 bridgehead atoms. The zero-order valence-corrected chi connectivity index (χ0v) is 8.39. The van der Waals surface area contributed by atoms with Gasteiger partial charge >= 0.3 is 0 Å². The van der Waals surface area contributed by atoms with E-state index in [2.05, 4.69) is 9.71 Å². The average molecular weight is 204 g/mol. The van der Waals surface area contributed by atoms with Crippen molar-refractivity contribution in [2.24, 2.45) is 0 Å². The maximum absolute atomic E-state index is 11.1. The van der Waals surface area contributed by atoms with Crippen molar-refractivity contribution in [2.45, 2.75) is 19.1 Å². The smallest absolute Gasteiger partial charge is 0.220 e. The van der Waals surface area contributed by atoms with Crippen molar-refractivity contribution in [1.82, 2.24) is 9.71 Å². The minimum atomic E-state index is -3.27. The Balaban J connectivity index is 2.75. The van der Waals surface area contributed by atoms with Gasteiger partial charge in [0.05, 0.1) is 6.20 Å². The van der Waals surface area contributed by atoms with Gasteiger partial charge in [-0.2, -0.15) is 0 Å². The van der Waals surface area contributed by atoms with Gasteiger partial charge in [-0.05, 0) is 7.05 Å². The third-order valence-electron chi connectivity index (χ3n) is 1.57. The van der Waals surface area contributed by atoms with E-state index in [1.54, 1.807) is 6.20 Å². The monoisotopic (exact) mass is 204 g/mol. The van der Waals surface area contributed by atoms with Crippen LogP contribution in [0.25, 0.3) is 0 Å². The fourth-order valence-corrected chi connectivity index (χ4v) is 1.42. The van der Waals surface area contributed by atoms with Crippen LogP contribution in [-0.2, 0) is 22.2 Å². The van der Waals surface area contributed by atoms with Gasteiger partial charge in [0.1, 0.15) is 11.5 Å². The van der Waals surface area contributed by atoms with E-state index in [1.807, 2.05) is 6.92 Å². The van der Waals surface area contributed by atoms with E-state index in [0.29, 0.717) is 12.2 Å². The second kappa shape index (κ2) is 3.89. The van der Waals surface area contributed by atoms with Crippen LogP contribution >= 0.6 is 0 Å². The molecule has 0 aliphatic carbocycles. The van der Waals surface area contributed by atoms with E-state index in [-0.39, 0.29) is 11.6 Å². The Morgan fingerprint density at radius 1 is 1.62 bits per heavy atom. The molecule has 0 atom stereocenters. The molecule has 1 rings (SSSR count). The quantitative estimate of drug-likeness (QED) is 0.765. The lowest BCUT2D eigenvalue weighted by Gasteiger charge is -1.96. The summed E-state index contributed by atoms with van der Waals surface area (Å²) in [6.45, 7) is 1.91. The maximum Gasteiger partial charge on any atom is 0.220 e. The number of aryl methyl sites for hydroxylation is 1. The van der Waals surface area contributed by atoms with E-state index in [4.69, 9.17) is 4.42 Å². The molecule has 5 nitrogen and oxygen atoms in total. The van der Waals surface area contributed by atoms with Crippen LogP contribution in [0, 0.1) is 0 Å². The Labute approximate surface area is 77.2 Å². The van der Waals surface area contributed by atoms with Gasteiger partial charge in [0, 0.05) is 6.42 Å². The Bertz CT molecular complexity index is 369. The van der Waals surface area contributed by atoms with Crippen molar-refractivity contribution < 1.29 is 12.8 Å². The number of hydrogen-bond acceptors (Lipinski definition) is 4. The molecule has 0 saturated heterocycles. The van der Waals surface area contributed by atoms with Crippen molar-refractivity contribution >= 4 is 10.0 Å². The van der Waals surface area contributed by atoms with Crippen molar-refractivity contribution in [1.29, 1.82) is 0 Å². The molecule has 1 aromatic heterocycles. The Kier molecular flexibility index (Phi) is 3.05. The molecule has 1 heterocycles. The molecule has 13 heavy (non-hydrogen) atoms. The molecule has 74 valence electrons. The Morgan fingerprint density at radius 2 is 2.31 bits per heavy atom. The van der Waals surface area contributed by atoms with Crippen LogP contribution in [0.15, 0.2) is 10.6 Å². The van der Waals surface area contributed by atoms with E-state index < -0.39 is 10.0 Å². The highest BCUT2D eigenvalue weighted by Gasteiger charge is 2.12. The van der Waals surface area contributed by atoms with Gasteiger partial charge in [0.15, 0.2) is 0 Å². The number of oxazole rings is 1. The van der Waals surface area contributed by atoms with Gasteiger partial charge in [0.25, 0.3) is 0 Å². The predicted octanol–water partition coefficient (Wildman–Crippen LogP) is 0.286. The van der Waals surface area contributed by atoms with E-state index in [9.17, 15) is 8.42 Å². The zero-order chi connectivity index (χ0) is 9.90. The highest BCUT2D eigenvalue weighted by Crippen LogP contribution is 2.06. The van der Waals surface area contributed by atoms with Crippen LogP contribution in [-0.4, -0.2) is 20.4 Å². The summed E-state index contributed by atoms with van der Waals surface area (Å²) in [5.74, 6) is 0.719. The molecular formula is C7H12N2O3S. The van der Waals surface area contributed by atoms with Gasteiger partial charge in [-0.15, -0.1) is 0 Å². The summed E-state index contributed by atoms with van der Waals surface area (Å²) < 4.78 is 29.4. The molecule has 6 heteroatoms. The minimum absolute atomic E-state index is 0.205. The lowest BCUT2D eigenvalue weighted by Crippen LogP contribution is -2.20. The molecule has 0 aliphatic rings. The van der Waals surface area contributed by atoms with Crippen LogP contribution in [0.4, 0.5) is 0 Å². The van der Waals surface area contributed by atoms with Gasteiger partial charge in [0.2, 0.25) is 15.9 Å². The molecule has 0 aromatic carbocycles. The summed E-state index contributed by atoms with van der Waals surface area (Å²) in [5, 5.41) is 0. The lowest BCUT2D eigenvalue weighted by molar-refractivity contribution is 0.470. The number of aromatic nitrogens is 1. The van der Waals surface area contributed by atoms with Crippen molar-refractivity contribution in [2.75, 3.05) is 7.05 Å². The van der Waals surface area contributed by atoms with Crippen LogP contribution in [0.5, 0.6) is 0 Å². The number of nitrogens with one attached hydrogen (secondary N) is 1. The molecule has 1 aromatic rings. The summed E-state index contributed by atoms with van der Waals surface area (Å²) in [4.78, 5) is 3.83. The molecule has 0 amide bonds. The van der Waals surface area contributed by atoms with Gasteiger partial charge in [-0.3, -0.25) is 0 Å². The van der Waals surface area contributed by atoms with Crippen LogP contribution < -0.4 is 4.72 Å². The first kappa shape index (κ1) is 10.2. The van der Waals surface area contributed by atoms with E-state index >= 15 is 0 Å². The first-order valence-electron chi connectivity index (χ1n) is 3.92. The highest BCUT2D eigenvalue weighted by atomic mass is 32.2. The average Bonchev–Trinajstić information content (AvgIpc) is 2.52. The predicted molar refractivity (Wildman–Crippen MR) is 47.6 cm³/mol. The Morgan fingerprint density at radius 3 is 2.77 bits per heavy atom. The van der Waals surface area contributed by atoms with E-state index in [0.717, 1.165) is 0 Å². The minimum Gasteiger partial charge on any atom is -0.445 e. The topological polar surface area (TPSA) is 72.2 Å². The largest absolute Gasteiger partial charge is 0.445 e. The Hall–Kier alpha value is -0.880. The molecule has 0 spiro atoms. The molecule has 1 N–H and O–H groups in total. The molecular weight excluding hydrogens is 192 g/mol. The normalized spacial score (nSPS) is 11.8. The van der Waals surface area contributed by atoms with Crippen LogP contribution in [0.2, 0.25) is 0 Å². The highest BCUT2D eigenvalue weighted by molar-refractivity contribution is 7.88. The van der Waals surface area contributed by atoms with Crippen molar-refractivity contribution in [3.63, 3.8) is 0 Å². The molecule has 0 aliphatic heterocycles. The SMILES string of the molecule is CCc1cnc(CS(=O)(=O)NC)o1. The molecule has 0 fully saturated rings. The van der Waals surface area contributed by atoms with Crippen LogP contribution in [0.3, 0.4) is 0 Å². The second-order valence-corrected chi connectivity index (χ2v) is 4.46. The van der Waals surface area contributed by atoms with E-state index in [1.165, 1.54) is 7.05 Å². The van der Waals surface area contributed by atoms with Gasteiger partial charge in [-0.25, -0.2) is 18.1 Å².